The van der Waals surface area contributed by atoms with E-state index in [1.807, 2.05) is 18.5 Å². The number of guanidine groups is 1. The monoisotopic (exact) mass is 369 g/mol. The molecule has 1 aromatic rings. The molecule has 0 unspecified atom stereocenters. The van der Waals surface area contributed by atoms with Crippen molar-refractivity contribution in [3.05, 3.63) is 11.6 Å². The van der Waals surface area contributed by atoms with E-state index in [1.54, 1.807) is 14.2 Å². The van der Waals surface area contributed by atoms with Gasteiger partial charge in [-0.25, -0.2) is 4.99 Å². The number of rotatable bonds is 13. The van der Waals surface area contributed by atoms with Crippen molar-refractivity contribution >= 4 is 5.96 Å². The minimum Gasteiger partial charge on any atom is -0.385 e. The van der Waals surface area contributed by atoms with E-state index in [2.05, 4.69) is 37.8 Å². The van der Waals surface area contributed by atoms with Crippen LogP contribution in [0.5, 0.6) is 0 Å². The Labute approximate surface area is 157 Å². The Kier molecular flexibility index (Phi) is 11.6. The van der Waals surface area contributed by atoms with Gasteiger partial charge in [-0.05, 0) is 26.8 Å². The first-order chi connectivity index (χ1) is 12.6. The van der Waals surface area contributed by atoms with Gasteiger partial charge in [0.25, 0.3) is 0 Å². The standard InChI is InChI=1S/C17H35N7O2/c1-15-21-22-16(24(15)3)14-20-17(18-8-6-12-25-4)19-9-11-23(2)10-7-13-26-5/h6-14H2,1-5H3,(H2,18,19,20). The van der Waals surface area contributed by atoms with E-state index in [9.17, 15) is 0 Å². The fourth-order valence-corrected chi connectivity index (χ4v) is 2.29. The molecule has 0 amide bonds. The van der Waals surface area contributed by atoms with Gasteiger partial charge in [0.2, 0.25) is 0 Å². The zero-order chi connectivity index (χ0) is 19.2. The van der Waals surface area contributed by atoms with Crippen LogP contribution in [0.2, 0.25) is 0 Å². The predicted octanol–water partition coefficient (Wildman–Crippen LogP) is 0.164. The molecule has 1 aromatic heterocycles. The highest BCUT2D eigenvalue weighted by atomic mass is 16.5. The third-order valence-electron chi connectivity index (χ3n) is 4.05. The lowest BCUT2D eigenvalue weighted by molar-refractivity contribution is 0.180. The Morgan fingerprint density at radius 2 is 1.77 bits per heavy atom. The zero-order valence-electron chi connectivity index (χ0n) is 16.9. The number of hydrogen-bond acceptors (Lipinski definition) is 6. The second-order valence-corrected chi connectivity index (χ2v) is 6.24. The first-order valence-corrected chi connectivity index (χ1v) is 9.12. The fraction of sp³-hybridized carbons (Fsp3) is 0.824. The molecule has 9 heteroatoms. The molecule has 0 aliphatic rings. The molecule has 0 aliphatic heterocycles. The molecule has 0 fully saturated rings. The summed E-state index contributed by atoms with van der Waals surface area (Å²) in [6.45, 7) is 7.52. The number of hydrogen-bond donors (Lipinski definition) is 2. The molecule has 0 atom stereocenters. The van der Waals surface area contributed by atoms with E-state index < -0.39 is 0 Å². The minimum atomic E-state index is 0.487. The molecule has 9 nitrogen and oxygen atoms in total. The summed E-state index contributed by atoms with van der Waals surface area (Å²) in [5, 5.41) is 15.0. The normalized spacial score (nSPS) is 12.0. The van der Waals surface area contributed by atoms with Crippen LogP contribution >= 0.6 is 0 Å². The second kappa shape index (κ2) is 13.5. The highest BCUT2D eigenvalue weighted by Gasteiger charge is 2.05. The van der Waals surface area contributed by atoms with Crippen LogP contribution < -0.4 is 10.6 Å². The zero-order valence-corrected chi connectivity index (χ0v) is 16.9. The number of nitrogens with zero attached hydrogens (tertiary/aromatic N) is 5. The molecule has 1 heterocycles. The van der Waals surface area contributed by atoms with E-state index in [0.717, 1.165) is 69.8 Å². The van der Waals surface area contributed by atoms with Crippen molar-refractivity contribution in [1.82, 2.24) is 30.3 Å². The summed E-state index contributed by atoms with van der Waals surface area (Å²) >= 11 is 0. The van der Waals surface area contributed by atoms with Crippen LogP contribution in [0.3, 0.4) is 0 Å². The van der Waals surface area contributed by atoms with E-state index in [1.165, 1.54) is 0 Å². The Morgan fingerprint density at radius 3 is 2.42 bits per heavy atom. The van der Waals surface area contributed by atoms with Gasteiger partial charge in [-0.15, -0.1) is 10.2 Å². The van der Waals surface area contributed by atoms with Gasteiger partial charge >= 0.3 is 0 Å². The van der Waals surface area contributed by atoms with Crippen LogP contribution in [0.4, 0.5) is 0 Å². The number of aliphatic imine (C=N–C) groups is 1. The molecule has 0 saturated carbocycles. The van der Waals surface area contributed by atoms with E-state index in [4.69, 9.17) is 9.47 Å². The SMILES string of the molecule is COCCCNC(=NCc1nnc(C)n1C)NCCN(C)CCCOC. The maximum absolute atomic E-state index is 5.09. The summed E-state index contributed by atoms with van der Waals surface area (Å²) in [6, 6.07) is 0. The van der Waals surface area contributed by atoms with Gasteiger partial charge in [0.1, 0.15) is 12.4 Å². The lowest BCUT2D eigenvalue weighted by Crippen LogP contribution is -2.41. The van der Waals surface area contributed by atoms with Crippen molar-refractivity contribution in [1.29, 1.82) is 0 Å². The quantitative estimate of drug-likeness (QED) is 0.291. The molecule has 0 bridgehead atoms. The van der Waals surface area contributed by atoms with E-state index in [-0.39, 0.29) is 0 Å². The maximum atomic E-state index is 5.09. The van der Waals surface area contributed by atoms with Gasteiger partial charge in [-0.3, -0.25) is 0 Å². The molecule has 26 heavy (non-hydrogen) atoms. The van der Waals surface area contributed by atoms with Crippen LogP contribution in [0.25, 0.3) is 0 Å². The van der Waals surface area contributed by atoms with Crippen molar-refractivity contribution in [3.8, 4) is 0 Å². The highest BCUT2D eigenvalue weighted by molar-refractivity contribution is 5.79. The fourth-order valence-electron chi connectivity index (χ4n) is 2.29. The molecule has 2 N–H and O–H groups in total. The lowest BCUT2D eigenvalue weighted by Gasteiger charge is -2.18. The Hall–Kier alpha value is -1.71. The number of methoxy groups -OCH3 is 2. The summed E-state index contributed by atoms with van der Waals surface area (Å²) in [7, 11) is 7.51. The molecule has 1 rings (SSSR count). The predicted molar refractivity (Wildman–Crippen MR) is 103 cm³/mol. The van der Waals surface area contributed by atoms with Crippen LogP contribution in [-0.4, -0.2) is 86.3 Å². The second-order valence-electron chi connectivity index (χ2n) is 6.24. The first-order valence-electron chi connectivity index (χ1n) is 9.12. The van der Waals surface area contributed by atoms with Crippen LogP contribution in [0.15, 0.2) is 4.99 Å². The molecular formula is C17H35N7O2. The third-order valence-corrected chi connectivity index (χ3v) is 4.05. The highest BCUT2D eigenvalue weighted by Crippen LogP contribution is 1.99. The Balaban J connectivity index is 2.46. The average molecular weight is 370 g/mol. The van der Waals surface area contributed by atoms with Crippen LogP contribution in [-0.2, 0) is 23.1 Å². The number of nitrogens with one attached hydrogen (secondary N) is 2. The molecule has 0 saturated heterocycles. The van der Waals surface area contributed by atoms with E-state index >= 15 is 0 Å². The third kappa shape index (κ3) is 9.12. The smallest absolute Gasteiger partial charge is 0.191 e. The average Bonchev–Trinajstić information content (AvgIpc) is 2.95. The van der Waals surface area contributed by atoms with Crippen LogP contribution in [0, 0.1) is 6.92 Å². The summed E-state index contributed by atoms with van der Waals surface area (Å²) in [5.41, 5.74) is 0. The van der Waals surface area contributed by atoms with Crippen molar-refractivity contribution in [2.75, 3.05) is 60.7 Å². The Bertz CT molecular complexity index is 519. The summed E-state index contributed by atoms with van der Waals surface area (Å²) in [5.74, 6) is 2.51. The number of aryl methyl sites for hydroxylation is 1. The lowest BCUT2D eigenvalue weighted by atomic mass is 10.4. The van der Waals surface area contributed by atoms with Crippen molar-refractivity contribution in [2.24, 2.45) is 12.0 Å². The molecule has 0 aromatic carbocycles. The van der Waals surface area contributed by atoms with Gasteiger partial charge < -0.3 is 29.6 Å². The van der Waals surface area contributed by atoms with E-state index in [0.29, 0.717) is 6.54 Å². The number of aromatic nitrogens is 3. The number of ether oxygens (including phenoxy) is 2. The minimum absolute atomic E-state index is 0.487. The summed E-state index contributed by atoms with van der Waals surface area (Å²) in [4.78, 5) is 6.91. The van der Waals surface area contributed by atoms with Crippen LogP contribution in [0.1, 0.15) is 24.5 Å². The Morgan fingerprint density at radius 1 is 1.08 bits per heavy atom. The van der Waals surface area contributed by atoms with Crippen molar-refractivity contribution in [2.45, 2.75) is 26.3 Å². The largest absolute Gasteiger partial charge is 0.385 e. The topological polar surface area (TPSA) is 88.8 Å². The molecule has 0 radical (unpaired) electrons. The van der Waals surface area contributed by atoms with Crippen molar-refractivity contribution in [3.63, 3.8) is 0 Å². The van der Waals surface area contributed by atoms with Gasteiger partial charge in [-0.2, -0.15) is 0 Å². The molecule has 150 valence electrons. The van der Waals surface area contributed by atoms with Crippen molar-refractivity contribution < 1.29 is 9.47 Å². The first kappa shape index (κ1) is 22.3. The van der Waals surface area contributed by atoms with Gasteiger partial charge in [0, 0.05) is 60.7 Å². The van der Waals surface area contributed by atoms with Gasteiger partial charge in [0.15, 0.2) is 11.8 Å². The number of likely N-dealkylation sites (N-methyl/N-ethyl adjacent to an activating group) is 1. The summed E-state index contributed by atoms with van der Waals surface area (Å²) in [6.07, 6.45) is 1.96. The molecule has 0 spiro atoms. The van der Waals surface area contributed by atoms with Gasteiger partial charge in [0.05, 0.1) is 0 Å². The van der Waals surface area contributed by atoms with Gasteiger partial charge in [-0.1, -0.05) is 0 Å². The molecular weight excluding hydrogens is 334 g/mol. The maximum Gasteiger partial charge on any atom is 0.191 e. The summed E-state index contributed by atoms with van der Waals surface area (Å²) < 4.78 is 12.1. The molecule has 0 aliphatic carbocycles.